The summed E-state index contributed by atoms with van der Waals surface area (Å²) in [5.74, 6) is -1.41. The summed E-state index contributed by atoms with van der Waals surface area (Å²) < 4.78 is 0. The van der Waals surface area contributed by atoms with Crippen molar-refractivity contribution in [1.29, 1.82) is 0 Å². The fraction of sp³-hybridized carbons (Fsp3) is 0.750. The van der Waals surface area contributed by atoms with Gasteiger partial charge in [-0.05, 0) is 24.3 Å². The summed E-state index contributed by atoms with van der Waals surface area (Å²) in [6, 6.07) is 0. The molecule has 0 aromatic heterocycles. The molecule has 0 saturated heterocycles. The molecular formula is C16H30O4SSn. The van der Waals surface area contributed by atoms with E-state index in [9.17, 15) is 19.8 Å². The summed E-state index contributed by atoms with van der Waals surface area (Å²) in [6.07, 6.45) is 7.25. The molecule has 0 amide bonds. The first-order valence-corrected chi connectivity index (χ1v) is 8.67. The summed E-state index contributed by atoms with van der Waals surface area (Å²) in [7, 11) is 0. The first-order chi connectivity index (χ1) is 9.95. The molecule has 0 fully saturated rings. The van der Waals surface area contributed by atoms with Crippen LogP contribution in [0.15, 0.2) is 0 Å². The van der Waals surface area contributed by atoms with E-state index in [1.807, 2.05) is 0 Å². The molecule has 0 unspecified atom stereocenters. The van der Waals surface area contributed by atoms with E-state index in [1.54, 1.807) is 0 Å². The Kier molecular flexibility index (Phi) is 39.8. The Balaban J connectivity index is -0.000000124. The largest absolute Gasteiger partial charge is 2.00 e. The monoisotopic (exact) mass is 438 g/mol. The molecule has 0 atom stereocenters. The molecule has 0 bridgehead atoms. The SMILES string of the molecule is O=C([O-])CCSCCC(=O)[O-].[CH2]CCCC.[CH2]CCCC.[Sn+2]. The number of carbonyl (C=O) groups excluding carboxylic acids is 2. The van der Waals surface area contributed by atoms with Crippen molar-refractivity contribution >= 4 is 47.6 Å². The molecular weight excluding hydrogens is 407 g/mol. The number of carboxylic acids is 2. The minimum Gasteiger partial charge on any atom is -0.550 e. The third-order valence-electron chi connectivity index (χ3n) is 2.11. The molecule has 22 heavy (non-hydrogen) atoms. The third kappa shape index (κ3) is 50.1. The second-order valence-electron chi connectivity index (χ2n) is 4.27. The van der Waals surface area contributed by atoms with Crippen molar-refractivity contribution < 1.29 is 19.8 Å². The topological polar surface area (TPSA) is 80.3 Å². The van der Waals surface area contributed by atoms with E-state index in [2.05, 4.69) is 27.7 Å². The molecule has 0 aromatic carbocycles. The zero-order valence-corrected chi connectivity index (χ0v) is 17.7. The van der Waals surface area contributed by atoms with Crippen molar-refractivity contribution in [2.24, 2.45) is 0 Å². The Labute approximate surface area is 157 Å². The van der Waals surface area contributed by atoms with E-state index in [1.165, 1.54) is 37.4 Å². The number of carboxylic acid groups (broad SMARTS) is 2. The Morgan fingerprint density at radius 3 is 1.32 bits per heavy atom. The summed E-state index contributed by atoms with van der Waals surface area (Å²) in [5, 5.41) is 19.7. The quantitative estimate of drug-likeness (QED) is 0.384. The van der Waals surface area contributed by atoms with Crippen molar-refractivity contribution in [3.8, 4) is 0 Å². The maximum absolute atomic E-state index is 9.84. The van der Waals surface area contributed by atoms with Gasteiger partial charge in [-0.3, -0.25) is 0 Å². The Bertz CT molecular complexity index is 200. The number of aliphatic carboxylic acids is 2. The van der Waals surface area contributed by atoms with Crippen molar-refractivity contribution in [1.82, 2.24) is 0 Å². The van der Waals surface area contributed by atoms with Gasteiger partial charge in [-0.2, -0.15) is 11.8 Å². The average molecular weight is 437 g/mol. The number of unbranched alkanes of at least 4 members (excludes halogenated alkanes) is 4. The van der Waals surface area contributed by atoms with Gasteiger partial charge in [-0.1, -0.05) is 66.2 Å². The predicted octanol–water partition coefficient (Wildman–Crippen LogP) is 1.64. The Morgan fingerprint density at radius 1 is 0.864 bits per heavy atom. The zero-order valence-electron chi connectivity index (χ0n) is 14.0. The molecule has 0 aliphatic carbocycles. The fourth-order valence-electron chi connectivity index (χ4n) is 0.913. The number of hydrogen-bond donors (Lipinski definition) is 0. The Morgan fingerprint density at radius 2 is 1.18 bits per heavy atom. The van der Waals surface area contributed by atoms with Crippen LogP contribution in [0, 0.1) is 13.8 Å². The molecule has 128 valence electrons. The molecule has 6 heteroatoms. The summed E-state index contributed by atoms with van der Waals surface area (Å²) in [4.78, 5) is 19.7. The van der Waals surface area contributed by atoms with Crippen molar-refractivity contribution in [3.63, 3.8) is 0 Å². The molecule has 0 saturated carbocycles. The fourth-order valence-corrected chi connectivity index (χ4v) is 1.74. The van der Waals surface area contributed by atoms with Gasteiger partial charge in [-0.15, -0.1) is 0 Å². The van der Waals surface area contributed by atoms with E-state index in [0.717, 1.165) is 12.8 Å². The van der Waals surface area contributed by atoms with Crippen LogP contribution in [0.5, 0.6) is 0 Å². The van der Waals surface area contributed by atoms with Crippen LogP contribution in [-0.4, -0.2) is 47.4 Å². The second-order valence-corrected chi connectivity index (χ2v) is 5.50. The van der Waals surface area contributed by atoms with Crippen LogP contribution < -0.4 is 10.2 Å². The van der Waals surface area contributed by atoms with E-state index in [-0.39, 0.29) is 36.7 Å². The molecule has 0 aliphatic rings. The average Bonchev–Trinajstić information content (AvgIpc) is 2.41. The number of rotatable bonds is 10. The normalized spacial score (nSPS) is 8.55. The van der Waals surface area contributed by atoms with Gasteiger partial charge in [0.15, 0.2) is 0 Å². The minimum atomic E-state index is -1.11. The van der Waals surface area contributed by atoms with Gasteiger partial charge in [0.05, 0.1) is 0 Å². The molecule has 0 aliphatic heterocycles. The number of carbonyl (C=O) groups is 2. The molecule has 4 radical (unpaired) electrons. The van der Waals surface area contributed by atoms with Crippen LogP contribution in [0.3, 0.4) is 0 Å². The van der Waals surface area contributed by atoms with Crippen LogP contribution in [0.1, 0.15) is 65.2 Å². The van der Waals surface area contributed by atoms with Gasteiger partial charge in [-0.25, -0.2) is 0 Å². The molecule has 0 heterocycles. The van der Waals surface area contributed by atoms with Gasteiger partial charge >= 0.3 is 23.9 Å². The van der Waals surface area contributed by atoms with E-state index >= 15 is 0 Å². The van der Waals surface area contributed by atoms with Crippen LogP contribution in [0.2, 0.25) is 0 Å². The van der Waals surface area contributed by atoms with Gasteiger partial charge in [0.25, 0.3) is 0 Å². The van der Waals surface area contributed by atoms with Gasteiger partial charge in [0.2, 0.25) is 0 Å². The van der Waals surface area contributed by atoms with Crippen LogP contribution >= 0.6 is 11.8 Å². The van der Waals surface area contributed by atoms with Crippen molar-refractivity contribution in [3.05, 3.63) is 13.8 Å². The Hall–Kier alpha value is 0.0887. The molecule has 4 nitrogen and oxygen atoms in total. The van der Waals surface area contributed by atoms with Crippen molar-refractivity contribution in [2.45, 2.75) is 65.2 Å². The maximum Gasteiger partial charge on any atom is 2.00 e. The first kappa shape index (κ1) is 30.0. The zero-order chi connectivity index (χ0) is 16.9. The van der Waals surface area contributed by atoms with Gasteiger partial charge < -0.3 is 19.8 Å². The third-order valence-corrected chi connectivity index (χ3v) is 3.09. The standard InChI is InChI=1S/C6H10O4S.2C5H11.Sn/c7-5(8)1-3-11-4-2-6(9)10;2*1-3-5-4-2;/h1-4H2,(H,7,8)(H,9,10);2*1,3-5H2,2H3;/q;;;+2/p-2. The molecule has 0 aromatic rings. The smallest absolute Gasteiger partial charge is 0.550 e. The summed E-state index contributed by atoms with van der Waals surface area (Å²) >= 11 is 1.27. The van der Waals surface area contributed by atoms with E-state index < -0.39 is 11.9 Å². The molecule has 0 N–H and O–H groups in total. The van der Waals surface area contributed by atoms with Crippen LogP contribution in [0.25, 0.3) is 0 Å². The first-order valence-electron chi connectivity index (χ1n) is 7.52. The number of thioether (sulfide) groups is 1. The summed E-state index contributed by atoms with van der Waals surface area (Å²) in [6.45, 7) is 11.7. The van der Waals surface area contributed by atoms with E-state index in [4.69, 9.17) is 0 Å². The van der Waals surface area contributed by atoms with Crippen LogP contribution in [-0.2, 0) is 9.59 Å². The second kappa shape index (κ2) is 29.1. The van der Waals surface area contributed by atoms with E-state index in [0.29, 0.717) is 11.5 Å². The molecule has 0 rings (SSSR count). The maximum atomic E-state index is 9.84. The molecule has 0 spiro atoms. The van der Waals surface area contributed by atoms with Crippen molar-refractivity contribution in [2.75, 3.05) is 11.5 Å². The minimum absolute atomic E-state index is 0. The van der Waals surface area contributed by atoms with Crippen LogP contribution in [0.4, 0.5) is 0 Å². The summed E-state index contributed by atoms with van der Waals surface area (Å²) in [5.41, 5.74) is 0. The predicted molar refractivity (Wildman–Crippen MR) is 92.1 cm³/mol. The number of hydrogen-bond acceptors (Lipinski definition) is 5. The van der Waals surface area contributed by atoms with Gasteiger partial charge in [0, 0.05) is 11.9 Å². The van der Waals surface area contributed by atoms with Gasteiger partial charge in [0.1, 0.15) is 0 Å².